The molecule has 0 aromatic carbocycles. The largest absolute Gasteiger partial charge is 0.384 e. The molecule has 0 spiro atoms. The number of aryl methyl sites for hydroxylation is 1. The molecule has 8 heteroatoms. The normalized spacial score (nSPS) is 14.9. The van der Waals surface area contributed by atoms with Gasteiger partial charge in [0.1, 0.15) is 17.2 Å². The maximum atomic E-state index is 5.92. The average Bonchev–Trinajstić information content (AvgIpc) is 3.26. The maximum absolute atomic E-state index is 5.92. The van der Waals surface area contributed by atoms with E-state index in [2.05, 4.69) is 26.2 Å². The first kappa shape index (κ1) is 14.2. The van der Waals surface area contributed by atoms with Gasteiger partial charge in [0.15, 0.2) is 0 Å². The lowest BCUT2D eigenvalue weighted by Crippen LogP contribution is -2.16. The Hall–Kier alpha value is -3.16. The Bertz CT molecular complexity index is 1050. The number of nitrogens with zero attached hydrogens (tertiary/aromatic N) is 7. The highest BCUT2D eigenvalue weighted by Crippen LogP contribution is 2.33. The van der Waals surface area contributed by atoms with E-state index >= 15 is 0 Å². The number of hydrogen-bond acceptors (Lipinski definition) is 5. The van der Waals surface area contributed by atoms with Gasteiger partial charge >= 0.3 is 0 Å². The van der Waals surface area contributed by atoms with E-state index in [-0.39, 0.29) is 0 Å². The Kier molecular flexibility index (Phi) is 2.94. The molecule has 0 aliphatic heterocycles. The minimum atomic E-state index is 0.522. The van der Waals surface area contributed by atoms with Gasteiger partial charge in [-0.15, -0.1) is 0 Å². The van der Waals surface area contributed by atoms with Crippen molar-refractivity contribution in [2.45, 2.75) is 25.3 Å². The highest BCUT2D eigenvalue weighted by atomic mass is 15.3. The van der Waals surface area contributed by atoms with E-state index in [1.165, 1.54) is 19.3 Å². The van der Waals surface area contributed by atoms with Crippen molar-refractivity contribution >= 4 is 11.3 Å². The van der Waals surface area contributed by atoms with E-state index in [1.807, 2.05) is 36.1 Å². The van der Waals surface area contributed by atoms with E-state index in [0.717, 1.165) is 28.2 Å². The van der Waals surface area contributed by atoms with Crippen LogP contribution in [0.4, 0.5) is 5.82 Å². The van der Waals surface area contributed by atoms with Crippen molar-refractivity contribution in [2.75, 3.05) is 5.73 Å². The van der Waals surface area contributed by atoms with Crippen LogP contribution < -0.4 is 5.73 Å². The van der Waals surface area contributed by atoms with Gasteiger partial charge in [-0.05, 0) is 25.3 Å². The highest BCUT2D eigenvalue weighted by molar-refractivity contribution is 5.78. The first-order valence-corrected chi connectivity index (χ1v) is 8.38. The molecule has 1 aliphatic rings. The fourth-order valence-corrected chi connectivity index (χ4v) is 3.18. The van der Waals surface area contributed by atoms with Crippen molar-refractivity contribution in [1.82, 2.24) is 34.2 Å². The van der Waals surface area contributed by atoms with Crippen molar-refractivity contribution in [2.24, 2.45) is 7.05 Å². The molecule has 2 N–H and O–H groups in total. The molecule has 0 saturated heterocycles. The van der Waals surface area contributed by atoms with E-state index in [1.54, 1.807) is 10.9 Å². The molecule has 5 rings (SSSR count). The van der Waals surface area contributed by atoms with E-state index in [0.29, 0.717) is 11.9 Å². The third-order valence-corrected chi connectivity index (χ3v) is 4.89. The van der Waals surface area contributed by atoms with Crippen molar-refractivity contribution in [3.05, 3.63) is 36.9 Å². The van der Waals surface area contributed by atoms with E-state index in [9.17, 15) is 0 Å². The van der Waals surface area contributed by atoms with Crippen LogP contribution in [0.2, 0.25) is 0 Å². The first-order chi connectivity index (χ1) is 12.2. The minimum Gasteiger partial charge on any atom is -0.384 e. The lowest BCUT2D eigenvalue weighted by atomic mass is 9.93. The molecule has 126 valence electrons. The van der Waals surface area contributed by atoms with Crippen LogP contribution >= 0.6 is 0 Å². The summed E-state index contributed by atoms with van der Waals surface area (Å²) in [4.78, 5) is 4.84. The van der Waals surface area contributed by atoms with Crippen LogP contribution in [-0.2, 0) is 7.05 Å². The predicted octanol–water partition coefficient (Wildman–Crippen LogP) is 2.30. The van der Waals surface area contributed by atoms with Gasteiger partial charge in [0.05, 0.1) is 35.8 Å². The maximum Gasteiger partial charge on any atom is 0.122 e. The lowest BCUT2D eigenvalue weighted by molar-refractivity contribution is 0.289. The molecular weight excluding hydrogens is 316 g/mol. The van der Waals surface area contributed by atoms with Gasteiger partial charge in [-0.2, -0.15) is 15.3 Å². The zero-order valence-corrected chi connectivity index (χ0v) is 13.9. The second-order valence-corrected chi connectivity index (χ2v) is 6.51. The van der Waals surface area contributed by atoms with Crippen molar-refractivity contribution in [1.29, 1.82) is 0 Å². The number of hydrogen-bond donors (Lipinski definition) is 1. The number of nitrogen functional groups attached to an aromatic ring is 1. The standard InChI is InChI=1S/C17H18N8/c1-23-16(18)7-13(22-23)14-10-25-15(5-6-19-25)17(21-14)11-8-20-24(9-11)12-3-2-4-12/h5-10,12H,2-4,18H2,1H3. The lowest BCUT2D eigenvalue weighted by Gasteiger charge is -2.25. The zero-order valence-electron chi connectivity index (χ0n) is 13.9. The highest BCUT2D eigenvalue weighted by Gasteiger charge is 2.21. The molecule has 1 saturated carbocycles. The number of aromatic nitrogens is 7. The molecule has 4 aromatic rings. The monoisotopic (exact) mass is 334 g/mol. The van der Waals surface area contributed by atoms with Gasteiger partial charge < -0.3 is 5.73 Å². The Morgan fingerprint density at radius 3 is 2.76 bits per heavy atom. The number of rotatable bonds is 3. The van der Waals surface area contributed by atoms with Gasteiger partial charge in [0.2, 0.25) is 0 Å². The summed E-state index contributed by atoms with van der Waals surface area (Å²) in [6.07, 6.45) is 11.3. The molecule has 1 fully saturated rings. The Labute approximate surface area is 143 Å². The second-order valence-electron chi connectivity index (χ2n) is 6.51. The summed E-state index contributed by atoms with van der Waals surface area (Å²) in [7, 11) is 1.81. The SMILES string of the molecule is Cn1nc(-c2cn3nccc3c(-c3cnn(C4CCC4)c3)n2)cc1N. The topological polar surface area (TPSA) is 91.9 Å². The van der Waals surface area contributed by atoms with Gasteiger partial charge in [-0.1, -0.05) is 0 Å². The molecule has 1 aliphatic carbocycles. The summed E-state index contributed by atoms with van der Waals surface area (Å²) in [6, 6.07) is 4.30. The van der Waals surface area contributed by atoms with E-state index < -0.39 is 0 Å². The molecule has 0 atom stereocenters. The quantitative estimate of drug-likeness (QED) is 0.620. The molecular formula is C17H18N8. The van der Waals surface area contributed by atoms with Crippen LogP contribution in [-0.4, -0.2) is 34.2 Å². The summed E-state index contributed by atoms with van der Waals surface area (Å²) in [5.74, 6) is 0.594. The van der Waals surface area contributed by atoms with Crippen LogP contribution in [0.15, 0.2) is 36.9 Å². The van der Waals surface area contributed by atoms with Gasteiger partial charge in [-0.25, -0.2) is 9.50 Å². The smallest absolute Gasteiger partial charge is 0.122 e. The molecule has 0 bridgehead atoms. The van der Waals surface area contributed by atoms with Gasteiger partial charge in [0.25, 0.3) is 0 Å². The second kappa shape index (κ2) is 5.17. The fourth-order valence-electron chi connectivity index (χ4n) is 3.18. The molecule has 8 nitrogen and oxygen atoms in total. The van der Waals surface area contributed by atoms with Gasteiger partial charge in [-0.3, -0.25) is 9.36 Å². The Balaban J connectivity index is 1.66. The van der Waals surface area contributed by atoms with Crippen LogP contribution in [0.5, 0.6) is 0 Å². The summed E-state index contributed by atoms with van der Waals surface area (Å²) in [6.45, 7) is 0. The van der Waals surface area contributed by atoms with Gasteiger partial charge in [0, 0.05) is 24.9 Å². The molecule has 4 aromatic heterocycles. The summed E-state index contributed by atoms with van der Waals surface area (Å²) in [5.41, 5.74) is 10.2. The fraction of sp³-hybridized carbons (Fsp3) is 0.294. The predicted molar refractivity (Wildman–Crippen MR) is 93.7 cm³/mol. The van der Waals surface area contributed by atoms with Crippen LogP contribution in [0.3, 0.4) is 0 Å². The Morgan fingerprint density at radius 2 is 2.04 bits per heavy atom. The average molecular weight is 334 g/mol. The van der Waals surface area contributed by atoms with Crippen LogP contribution in [0, 0.1) is 0 Å². The molecule has 0 unspecified atom stereocenters. The molecule has 25 heavy (non-hydrogen) atoms. The van der Waals surface area contributed by atoms with Crippen molar-refractivity contribution in [3.63, 3.8) is 0 Å². The summed E-state index contributed by atoms with van der Waals surface area (Å²) < 4.78 is 5.51. The molecule has 0 amide bonds. The number of fused-ring (bicyclic) bond motifs is 1. The number of nitrogens with two attached hydrogens (primary N) is 1. The van der Waals surface area contributed by atoms with Crippen molar-refractivity contribution in [3.8, 4) is 22.6 Å². The zero-order chi connectivity index (χ0) is 17.0. The summed E-state index contributed by atoms with van der Waals surface area (Å²) in [5, 5.41) is 13.3. The third kappa shape index (κ3) is 2.21. The third-order valence-electron chi connectivity index (χ3n) is 4.89. The van der Waals surface area contributed by atoms with Crippen LogP contribution in [0.1, 0.15) is 25.3 Å². The summed E-state index contributed by atoms with van der Waals surface area (Å²) >= 11 is 0. The van der Waals surface area contributed by atoms with Crippen LogP contribution in [0.25, 0.3) is 28.2 Å². The first-order valence-electron chi connectivity index (χ1n) is 8.38. The minimum absolute atomic E-state index is 0.522. The van der Waals surface area contributed by atoms with Crippen molar-refractivity contribution < 1.29 is 0 Å². The molecule has 0 radical (unpaired) electrons. The Morgan fingerprint density at radius 1 is 1.16 bits per heavy atom. The molecule has 4 heterocycles. The van der Waals surface area contributed by atoms with E-state index in [4.69, 9.17) is 10.7 Å². The number of anilines is 1.